The fourth-order valence-corrected chi connectivity index (χ4v) is 1.58. The number of rotatable bonds is 4. The summed E-state index contributed by atoms with van der Waals surface area (Å²) in [6, 6.07) is 1.31. The van der Waals surface area contributed by atoms with Crippen molar-refractivity contribution in [3.63, 3.8) is 0 Å². The highest BCUT2D eigenvalue weighted by Gasteiger charge is 2.20. The standard InChI is InChI=1S/C9H9BrF2N2O2/c10-3-4-1-5(13)8(9(11)12)6(14-4)2-7(15)16/h1,9H,2-3H2,(H2,13,14)(H,15,16). The zero-order valence-electron chi connectivity index (χ0n) is 8.08. The van der Waals surface area contributed by atoms with E-state index < -0.39 is 24.4 Å². The predicted molar refractivity (Wildman–Crippen MR) is 57.6 cm³/mol. The Morgan fingerprint density at radius 3 is 2.69 bits per heavy atom. The molecule has 4 nitrogen and oxygen atoms in total. The third-order valence-electron chi connectivity index (χ3n) is 1.90. The van der Waals surface area contributed by atoms with Crippen LogP contribution in [0.3, 0.4) is 0 Å². The number of carboxylic acid groups (broad SMARTS) is 1. The van der Waals surface area contributed by atoms with Gasteiger partial charge in [-0.2, -0.15) is 0 Å². The number of carboxylic acids is 1. The molecule has 0 spiro atoms. The van der Waals surface area contributed by atoms with Gasteiger partial charge in [-0.3, -0.25) is 9.78 Å². The number of nitrogens with zero attached hydrogens (tertiary/aromatic N) is 1. The van der Waals surface area contributed by atoms with Gasteiger partial charge in [0.15, 0.2) is 0 Å². The van der Waals surface area contributed by atoms with Gasteiger partial charge in [0.05, 0.1) is 23.4 Å². The summed E-state index contributed by atoms with van der Waals surface area (Å²) in [6.45, 7) is 0. The van der Waals surface area contributed by atoms with Crippen LogP contribution in [0.15, 0.2) is 6.07 Å². The zero-order valence-corrected chi connectivity index (χ0v) is 9.67. The number of hydrogen-bond acceptors (Lipinski definition) is 3. The molecule has 1 rings (SSSR count). The number of anilines is 1. The van der Waals surface area contributed by atoms with Crippen molar-refractivity contribution in [3.8, 4) is 0 Å². The van der Waals surface area contributed by atoms with Crippen molar-refractivity contribution in [1.82, 2.24) is 4.98 Å². The van der Waals surface area contributed by atoms with Crippen LogP contribution in [0.4, 0.5) is 14.5 Å². The minimum Gasteiger partial charge on any atom is -0.481 e. The summed E-state index contributed by atoms with van der Waals surface area (Å²) in [7, 11) is 0. The van der Waals surface area contributed by atoms with Gasteiger partial charge in [-0.25, -0.2) is 8.78 Å². The summed E-state index contributed by atoms with van der Waals surface area (Å²) in [6.07, 6.45) is -3.39. The highest BCUT2D eigenvalue weighted by molar-refractivity contribution is 9.08. The van der Waals surface area contributed by atoms with Gasteiger partial charge in [0.25, 0.3) is 6.43 Å². The van der Waals surface area contributed by atoms with Gasteiger partial charge in [0.1, 0.15) is 0 Å². The molecule has 0 unspecified atom stereocenters. The number of nitrogen functional groups attached to an aromatic ring is 1. The van der Waals surface area contributed by atoms with E-state index in [0.29, 0.717) is 11.0 Å². The van der Waals surface area contributed by atoms with Crippen LogP contribution in [0, 0.1) is 0 Å². The Labute approximate surface area is 98.6 Å². The number of nitrogens with two attached hydrogens (primary N) is 1. The lowest BCUT2D eigenvalue weighted by Gasteiger charge is -2.11. The van der Waals surface area contributed by atoms with E-state index in [2.05, 4.69) is 20.9 Å². The largest absolute Gasteiger partial charge is 0.481 e. The Hall–Kier alpha value is -1.24. The minimum absolute atomic E-state index is 0.129. The van der Waals surface area contributed by atoms with E-state index in [1.165, 1.54) is 6.07 Å². The first-order valence-corrected chi connectivity index (χ1v) is 5.42. The molecule has 1 heterocycles. The molecular formula is C9H9BrF2N2O2. The molecule has 0 aliphatic rings. The summed E-state index contributed by atoms with van der Waals surface area (Å²) < 4.78 is 25.3. The minimum atomic E-state index is -2.83. The van der Waals surface area contributed by atoms with Gasteiger partial charge in [-0.1, -0.05) is 15.9 Å². The smallest absolute Gasteiger partial charge is 0.309 e. The average molecular weight is 295 g/mol. The lowest BCUT2D eigenvalue weighted by Crippen LogP contribution is -2.10. The zero-order chi connectivity index (χ0) is 12.3. The summed E-state index contributed by atoms with van der Waals surface area (Å²) in [4.78, 5) is 14.3. The summed E-state index contributed by atoms with van der Waals surface area (Å²) in [5.41, 5.74) is 5.06. The van der Waals surface area contributed by atoms with E-state index >= 15 is 0 Å². The lowest BCUT2D eigenvalue weighted by atomic mass is 10.1. The molecule has 16 heavy (non-hydrogen) atoms. The second kappa shape index (κ2) is 5.20. The van der Waals surface area contributed by atoms with Gasteiger partial charge in [0.2, 0.25) is 0 Å². The van der Waals surface area contributed by atoms with Gasteiger partial charge in [-0.15, -0.1) is 0 Å². The van der Waals surface area contributed by atoms with Gasteiger partial charge < -0.3 is 10.8 Å². The fourth-order valence-electron chi connectivity index (χ4n) is 1.29. The van der Waals surface area contributed by atoms with Crippen molar-refractivity contribution in [1.29, 1.82) is 0 Å². The molecule has 88 valence electrons. The summed E-state index contributed by atoms with van der Waals surface area (Å²) >= 11 is 3.10. The first-order valence-electron chi connectivity index (χ1n) is 4.29. The highest BCUT2D eigenvalue weighted by atomic mass is 79.9. The molecule has 1 aromatic heterocycles. The monoisotopic (exact) mass is 294 g/mol. The van der Waals surface area contributed by atoms with E-state index in [9.17, 15) is 13.6 Å². The molecular weight excluding hydrogens is 286 g/mol. The Balaban J connectivity index is 3.28. The number of hydrogen-bond donors (Lipinski definition) is 2. The topological polar surface area (TPSA) is 76.2 Å². The van der Waals surface area contributed by atoms with Crippen LogP contribution in [-0.2, 0) is 16.5 Å². The SMILES string of the molecule is Nc1cc(CBr)nc(CC(=O)O)c1C(F)F. The molecule has 0 bridgehead atoms. The summed E-state index contributed by atoms with van der Waals surface area (Å²) in [5, 5.41) is 8.92. The first kappa shape index (κ1) is 12.8. The van der Waals surface area contributed by atoms with E-state index in [4.69, 9.17) is 10.8 Å². The second-order valence-corrected chi connectivity index (χ2v) is 3.63. The van der Waals surface area contributed by atoms with E-state index in [1.807, 2.05) is 0 Å². The van der Waals surface area contributed by atoms with Crippen molar-refractivity contribution in [3.05, 3.63) is 23.0 Å². The van der Waals surface area contributed by atoms with E-state index in [1.54, 1.807) is 0 Å². The predicted octanol–water partition coefficient (Wildman–Crippen LogP) is 2.12. The Morgan fingerprint density at radius 1 is 1.62 bits per heavy atom. The lowest BCUT2D eigenvalue weighted by molar-refractivity contribution is -0.136. The van der Waals surface area contributed by atoms with Crippen LogP contribution in [0.25, 0.3) is 0 Å². The number of alkyl halides is 3. The quantitative estimate of drug-likeness (QED) is 0.834. The van der Waals surface area contributed by atoms with Crippen LogP contribution in [0.2, 0.25) is 0 Å². The second-order valence-electron chi connectivity index (χ2n) is 3.07. The third kappa shape index (κ3) is 2.88. The molecule has 0 amide bonds. The third-order valence-corrected chi connectivity index (χ3v) is 2.47. The number of halogens is 3. The van der Waals surface area contributed by atoms with Crippen LogP contribution in [0.5, 0.6) is 0 Å². The number of carbonyl (C=O) groups is 1. The number of aliphatic carboxylic acids is 1. The first-order chi connectivity index (χ1) is 7.45. The van der Waals surface area contributed by atoms with E-state index in [0.717, 1.165) is 0 Å². The van der Waals surface area contributed by atoms with Crippen LogP contribution in [-0.4, -0.2) is 16.1 Å². The van der Waals surface area contributed by atoms with Crippen LogP contribution >= 0.6 is 15.9 Å². The Kier molecular flexibility index (Phi) is 4.17. The maximum Gasteiger partial charge on any atom is 0.309 e. The number of pyridine rings is 1. The van der Waals surface area contributed by atoms with Crippen molar-refractivity contribution in [2.75, 3.05) is 5.73 Å². The van der Waals surface area contributed by atoms with Crippen molar-refractivity contribution in [2.45, 2.75) is 18.2 Å². The maximum atomic E-state index is 12.6. The highest BCUT2D eigenvalue weighted by Crippen LogP contribution is 2.29. The molecule has 1 aromatic rings. The molecule has 7 heteroatoms. The Bertz CT molecular complexity index is 413. The summed E-state index contributed by atoms with van der Waals surface area (Å²) in [5.74, 6) is -1.22. The number of aromatic nitrogens is 1. The Morgan fingerprint density at radius 2 is 2.25 bits per heavy atom. The molecule has 0 aromatic carbocycles. The molecule has 0 saturated carbocycles. The molecule has 0 radical (unpaired) electrons. The van der Waals surface area contributed by atoms with Crippen LogP contribution in [0.1, 0.15) is 23.4 Å². The van der Waals surface area contributed by atoms with Gasteiger partial charge >= 0.3 is 5.97 Å². The maximum absolute atomic E-state index is 12.6. The molecule has 0 aliphatic heterocycles. The molecule has 0 atom stereocenters. The van der Waals surface area contributed by atoms with Crippen LogP contribution < -0.4 is 5.73 Å². The average Bonchev–Trinajstić information content (AvgIpc) is 2.14. The van der Waals surface area contributed by atoms with Crippen molar-refractivity contribution >= 4 is 27.6 Å². The van der Waals surface area contributed by atoms with E-state index in [-0.39, 0.29) is 11.4 Å². The molecule has 3 N–H and O–H groups in total. The van der Waals surface area contributed by atoms with Gasteiger partial charge in [0, 0.05) is 11.0 Å². The normalized spacial score (nSPS) is 10.8. The van der Waals surface area contributed by atoms with Crippen molar-refractivity contribution in [2.24, 2.45) is 0 Å². The molecule has 0 saturated heterocycles. The van der Waals surface area contributed by atoms with Gasteiger partial charge in [-0.05, 0) is 6.07 Å². The molecule has 0 fully saturated rings. The van der Waals surface area contributed by atoms with Crippen molar-refractivity contribution < 1.29 is 18.7 Å². The molecule has 0 aliphatic carbocycles. The fraction of sp³-hybridized carbons (Fsp3) is 0.333.